The summed E-state index contributed by atoms with van der Waals surface area (Å²) in [5.41, 5.74) is 6.96. The first-order valence-corrected chi connectivity index (χ1v) is 4.05. The third-order valence-corrected chi connectivity index (χ3v) is 1.70. The van der Waals surface area contributed by atoms with Gasteiger partial charge in [0, 0.05) is 24.4 Å². The van der Waals surface area contributed by atoms with Crippen LogP contribution < -0.4 is 5.73 Å². The second-order valence-electron chi connectivity index (χ2n) is 2.83. The Balaban J connectivity index is 2.31. The molecule has 1 aromatic rings. The van der Waals surface area contributed by atoms with E-state index in [4.69, 9.17) is 5.73 Å². The summed E-state index contributed by atoms with van der Waals surface area (Å²) >= 11 is 0. The van der Waals surface area contributed by atoms with Crippen molar-refractivity contribution in [3.63, 3.8) is 0 Å². The first kappa shape index (κ1) is 8.27. The minimum absolute atomic E-state index is 0.278. The van der Waals surface area contributed by atoms with Crippen LogP contribution in [0.15, 0.2) is 12.5 Å². The van der Waals surface area contributed by atoms with Gasteiger partial charge in [-0.05, 0) is 6.42 Å². The summed E-state index contributed by atoms with van der Waals surface area (Å²) in [6, 6.07) is 0.278. The molecule has 1 aromatic heterocycles. The van der Waals surface area contributed by atoms with Crippen LogP contribution in [-0.2, 0) is 6.42 Å². The van der Waals surface area contributed by atoms with Gasteiger partial charge in [-0.25, -0.2) is 4.98 Å². The highest BCUT2D eigenvalue weighted by Gasteiger charge is 2.02. The molecular formula is C8H15N3. The van der Waals surface area contributed by atoms with Crippen LogP contribution >= 0.6 is 0 Å². The second kappa shape index (κ2) is 4.13. The van der Waals surface area contributed by atoms with E-state index in [1.165, 1.54) is 0 Å². The van der Waals surface area contributed by atoms with Crippen molar-refractivity contribution < 1.29 is 0 Å². The minimum Gasteiger partial charge on any atom is -0.348 e. The Hall–Kier alpha value is -0.830. The molecule has 3 N–H and O–H groups in total. The SMILES string of the molecule is CCCC(N)Cc1cnc[nH]1. The van der Waals surface area contributed by atoms with Crippen LogP contribution in [-0.4, -0.2) is 16.0 Å². The topological polar surface area (TPSA) is 54.7 Å². The summed E-state index contributed by atoms with van der Waals surface area (Å²) in [7, 11) is 0. The number of imidazole rings is 1. The van der Waals surface area contributed by atoms with Gasteiger partial charge < -0.3 is 10.7 Å². The third-order valence-electron chi connectivity index (χ3n) is 1.70. The lowest BCUT2D eigenvalue weighted by molar-refractivity contribution is 0.595. The summed E-state index contributed by atoms with van der Waals surface area (Å²) in [6.45, 7) is 2.15. The van der Waals surface area contributed by atoms with Gasteiger partial charge in [0.2, 0.25) is 0 Å². The standard InChI is InChI=1S/C8H15N3/c1-2-3-7(9)4-8-5-10-6-11-8/h5-7H,2-4,9H2,1H3,(H,10,11). The highest BCUT2D eigenvalue weighted by molar-refractivity contribution is 4.96. The van der Waals surface area contributed by atoms with E-state index in [9.17, 15) is 0 Å². The van der Waals surface area contributed by atoms with Gasteiger partial charge in [0.1, 0.15) is 0 Å². The summed E-state index contributed by atoms with van der Waals surface area (Å²) in [5.74, 6) is 0. The highest BCUT2D eigenvalue weighted by atomic mass is 14.9. The smallest absolute Gasteiger partial charge is 0.0921 e. The fourth-order valence-electron chi connectivity index (χ4n) is 1.15. The number of aromatic nitrogens is 2. The molecule has 1 atom stereocenters. The molecule has 0 fully saturated rings. The van der Waals surface area contributed by atoms with E-state index in [0.29, 0.717) is 0 Å². The van der Waals surface area contributed by atoms with Gasteiger partial charge in [-0.3, -0.25) is 0 Å². The fraction of sp³-hybridized carbons (Fsp3) is 0.625. The van der Waals surface area contributed by atoms with Gasteiger partial charge in [-0.15, -0.1) is 0 Å². The van der Waals surface area contributed by atoms with Gasteiger partial charge in [0.05, 0.1) is 6.33 Å². The lowest BCUT2D eigenvalue weighted by Gasteiger charge is -2.07. The molecule has 0 saturated heterocycles. The maximum atomic E-state index is 5.83. The zero-order valence-corrected chi connectivity index (χ0v) is 6.88. The molecule has 3 heteroatoms. The molecule has 11 heavy (non-hydrogen) atoms. The van der Waals surface area contributed by atoms with E-state index in [-0.39, 0.29) is 6.04 Å². The Labute approximate surface area is 67.0 Å². The van der Waals surface area contributed by atoms with Crippen LogP contribution in [0, 0.1) is 0 Å². The van der Waals surface area contributed by atoms with Gasteiger partial charge in [0.15, 0.2) is 0 Å². The Morgan fingerprint density at radius 1 is 1.73 bits per heavy atom. The molecule has 0 radical (unpaired) electrons. The molecule has 1 heterocycles. The number of nitrogens with zero attached hydrogens (tertiary/aromatic N) is 1. The lowest BCUT2D eigenvalue weighted by Crippen LogP contribution is -2.22. The van der Waals surface area contributed by atoms with Gasteiger partial charge in [0.25, 0.3) is 0 Å². The Bertz CT molecular complexity index is 181. The molecule has 0 amide bonds. The zero-order chi connectivity index (χ0) is 8.10. The first-order valence-electron chi connectivity index (χ1n) is 4.05. The van der Waals surface area contributed by atoms with Crippen LogP contribution in [0.1, 0.15) is 25.5 Å². The molecule has 1 rings (SSSR count). The van der Waals surface area contributed by atoms with Crippen molar-refractivity contribution in [2.75, 3.05) is 0 Å². The first-order chi connectivity index (χ1) is 5.33. The highest BCUT2D eigenvalue weighted by Crippen LogP contribution is 2.01. The summed E-state index contributed by atoms with van der Waals surface area (Å²) in [5, 5.41) is 0. The largest absolute Gasteiger partial charge is 0.348 e. The van der Waals surface area contributed by atoms with Gasteiger partial charge in [-0.1, -0.05) is 13.3 Å². The predicted octanol–water partition coefficient (Wildman–Crippen LogP) is 1.08. The van der Waals surface area contributed by atoms with E-state index in [2.05, 4.69) is 16.9 Å². The molecule has 0 bridgehead atoms. The van der Waals surface area contributed by atoms with Crippen LogP contribution in [0.5, 0.6) is 0 Å². The van der Waals surface area contributed by atoms with Crippen molar-refractivity contribution in [1.29, 1.82) is 0 Å². The number of nitrogens with one attached hydrogen (secondary N) is 1. The van der Waals surface area contributed by atoms with Crippen molar-refractivity contribution in [2.45, 2.75) is 32.2 Å². The number of aromatic amines is 1. The van der Waals surface area contributed by atoms with Crippen molar-refractivity contribution in [3.8, 4) is 0 Å². The van der Waals surface area contributed by atoms with Crippen molar-refractivity contribution >= 4 is 0 Å². The third kappa shape index (κ3) is 2.72. The molecule has 0 aliphatic rings. The van der Waals surface area contributed by atoms with E-state index in [0.717, 1.165) is 25.0 Å². The normalized spacial score (nSPS) is 13.3. The number of rotatable bonds is 4. The molecule has 0 aliphatic carbocycles. The molecule has 0 spiro atoms. The molecule has 0 aliphatic heterocycles. The summed E-state index contributed by atoms with van der Waals surface area (Å²) < 4.78 is 0. The van der Waals surface area contributed by atoms with Crippen LogP contribution in [0.4, 0.5) is 0 Å². The van der Waals surface area contributed by atoms with Crippen molar-refractivity contribution in [3.05, 3.63) is 18.2 Å². The van der Waals surface area contributed by atoms with Crippen LogP contribution in [0.3, 0.4) is 0 Å². The van der Waals surface area contributed by atoms with Crippen LogP contribution in [0.2, 0.25) is 0 Å². The monoisotopic (exact) mass is 153 g/mol. The Morgan fingerprint density at radius 3 is 3.09 bits per heavy atom. The summed E-state index contributed by atoms with van der Waals surface area (Å²) in [6.07, 6.45) is 6.66. The Kier molecular flexibility index (Phi) is 3.11. The quantitative estimate of drug-likeness (QED) is 0.680. The van der Waals surface area contributed by atoms with E-state index >= 15 is 0 Å². The molecule has 0 saturated carbocycles. The average Bonchev–Trinajstić information content (AvgIpc) is 2.40. The Morgan fingerprint density at radius 2 is 2.55 bits per heavy atom. The maximum absolute atomic E-state index is 5.83. The van der Waals surface area contributed by atoms with Crippen molar-refractivity contribution in [1.82, 2.24) is 9.97 Å². The van der Waals surface area contributed by atoms with Gasteiger partial charge in [-0.2, -0.15) is 0 Å². The lowest BCUT2D eigenvalue weighted by atomic mass is 10.1. The van der Waals surface area contributed by atoms with Crippen molar-refractivity contribution in [2.24, 2.45) is 5.73 Å². The zero-order valence-electron chi connectivity index (χ0n) is 6.88. The number of hydrogen-bond acceptors (Lipinski definition) is 2. The number of nitrogens with two attached hydrogens (primary N) is 1. The molecular weight excluding hydrogens is 138 g/mol. The average molecular weight is 153 g/mol. The predicted molar refractivity (Wildman–Crippen MR) is 45.2 cm³/mol. The van der Waals surface area contributed by atoms with Gasteiger partial charge >= 0.3 is 0 Å². The molecule has 1 unspecified atom stereocenters. The van der Waals surface area contributed by atoms with E-state index < -0.39 is 0 Å². The van der Waals surface area contributed by atoms with Crippen LogP contribution in [0.25, 0.3) is 0 Å². The fourth-order valence-corrected chi connectivity index (χ4v) is 1.15. The van der Waals surface area contributed by atoms with E-state index in [1.807, 2.05) is 6.20 Å². The minimum atomic E-state index is 0.278. The second-order valence-corrected chi connectivity index (χ2v) is 2.83. The van der Waals surface area contributed by atoms with E-state index in [1.54, 1.807) is 6.33 Å². The number of hydrogen-bond donors (Lipinski definition) is 2. The molecule has 62 valence electrons. The molecule has 0 aromatic carbocycles. The maximum Gasteiger partial charge on any atom is 0.0921 e. The number of H-pyrrole nitrogens is 1. The molecule has 3 nitrogen and oxygen atoms in total. The summed E-state index contributed by atoms with van der Waals surface area (Å²) in [4.78, 5) is 6.96.